The van der Waals surface area contributed by atoms with Crippen LogP contribution < -0.4 is 5.32 Å². The molecule has 2 fully saturated rings. The Bertz CT molecular complexity index is 76.6. The van der Waals surface area contributed by atoms with Gasteiger partial charge in [0.05, 0.1) is 0 Å². The molecule has 0 aromatic heterocycles. The third-order valence-corrected chi connectivity index (χ3v) is 2.24. The molecule has 9 heavy (non-hydrogen) atoms. The van der Waals surface area contributed by atoms with Crippen LogP contribution in [0.15, 0.2) is 0 Å². The maximum atomic E-state index is 3.41. The summed E-state index contributed by atoms with van der Waals surface area (Å²) in [5.74, 6) is 0. The van der Waals surface area contributed by atoms with E-state index < -0.39 is 0 Å². The van der Waals surface area contributed by atoms with Crippen LogP contribution in [0.3, 0.4) is 0 Å². The van der Waals surface area contributed by atoms with Crippen LogP contribution in [0.1, 0.15) is 39.5 Å². The van der Waals surface area contributed by atoms with Gasteiger partial charge in [0.25, 0.3) is 0 Å². The smallest absolute Gasteiger partial charge is 0.0307 e. The van der Waals surface area contributed by atoms with Gasteiger partial charge in [0.1, 0.15) is 0 Å². The summed E-state index contributed by atoms with van der Waals surface area (Å²) in [5.41, 5.74) is 0.694. The zero-order valence-corrected chi connectivity index (χ0v) is 6.54. The Morgan fingerprint density at radius 2 is 1.56 bits per heavy atom. The minimum absolute atomic E-state index is 0.694. The van der Waals surface area contributed by atoms with Crippen molar-refractivity contribution in [3.8, 4) is 0 Å². The van der Waals surface area contributed by atoms with Crippen LogP contribution in [-0.2, 0) is 0 Å². The minimum Gasteiger partial charge on any atom is -0.308 e. The average molecular weight is 127 g/mol. The van der Waals surface area contributed by atoms with Gasteiger partial charge in [0.15, 0.2) is 0 Å². The molecule has 1 spiro atoms. The Balaban J connectivity index is 0.000000186. The van der Waals surface area contributed by atoms with Crippen molar-refractivity contribution in [3.63, 3.8) is 0 Å². The highest BCUT2D eigenvalue weighted by atomic mass is 15.2. The van der Waals surface area contributed by atoms with Crippen LogP contribution in [0.25, 0.3) is 0 Å². The fraction of sp³-hybridized carbons (Fsp3) is 1.00. The Hall–Kier alpha value is -0.0400. The standard InChI is InChI=1S/C6H11N.C2H6/c1-2-4-6(3-1)5-7-6;1-2/h7H,1-5H2;1-2H3. The summed E-state index contributed by atoms with van der Waals surface area (Å²) in [4.78, 5) is 0. The Morgan fingerprint density at radius 3 is 1.78 bits per heavy atom. The maximum Gasteiger partial charge on any atom is 0.0307 e. The van der Waals surface area contributed by atoms with E-state index in [2.05, 4.69) is 5.32 Å². The molecule has 54 valence electrons. The van der Waals surface area contributed by atoms with Crippen molar-refractivity contribution < 1.29 is 0 Å². The fourth-order valence-electron chi connectivity index (χ4n) is 1.53. The van der Waals surface area contributed by atoms with Gasteiger partial charge in [0.2, 0.25) is 0 Å². The van der Waals surface area contributed by atoms with Gasteiger partial charge in [-0.25, -0.2) is 0 Å². The van der Waals surface area contributed by atoms with Crippen molar-refractivity contribution >= 4 is 0 Å². The van der Waals surface area contributed by atoms with Gasteiger partial charge in [0, 0.05) is 12.1 Å². The van der Waals surface area contributed by atoms with E-state index in [-0.39, 0.29) is 0 Å². The Labute approximate surface area is 57.8 Å². The molecule has 1 nitrogen and oxygen atoms in total. The normalized spacial score (nSPS) is 27.3. The first-order valence-electron chi connectivity index (χ1n) is 4.16. The molecule has 1 N–H and O–H groups in total. The van der Waals surface area contributed by atoms with Crippen LogP contribution >= 0.6 is 0 Å². The molecule has 0 aromatic rings. The van der Waals surface area contributed by atoms with Gasteiger partial charge < -0.3 is 5.32 Å². The van der Waals surface area contributed by atoms with Crippen molar-refractivity contribution in [2.45, 2.75) is 45.1 Å². The van der Waals surface area contributed by atoms with E-state index in [1.54, 1.807) is 0 Å². The van der Waals surface area contributed by atoms with Gasteiger partial charge >= 0.3 is 0 Å². The van der Waals surface area contributed by atoms with Crippen molar-refractivity contribution in [2.75, 3.05) is 6.54 Å². The summed E-state index contributed by atoms with van der Waals surface area (Å²) in [6, 6.07) is 0. The summed E-state index contributed by atoms with van der Waals surface area (Å²) < 4.78 is 0. The van der Waals surface area contributed by atoms with E-state index in [9.17, 15) is 0 Å². The summed E-state index contributed by atoms with van der Waals surface area (Å²) in [5, 5.41) is 3.41. The van der Waals surface area contributed by atoms with Crippen LogP contribution in [0.2, 0.25) is 0 Å². The second-order valence-corrected chi connectivity index (χ2v) is 2.84. The minimum atomic E-state index is 0.694. The van der Waals surface area contributed by atoms with Gasteiger partial charge in [-0.1, -0.05) is 26.7 Å². The van der Waals surface area contributed by atoms with Crippen molar-refractivity contribution in [1.29, 1.82) is 0 Å². The number of nitrogens with one attached hydrogen (secondary N) is 1. The molecule has 2 rings (SSSR count). The monoisotopic (exact) mass is 127 g/mol. The van der Waals surface area contributed by atoms with Gasteiger partial charge in [-0.15, -0.1) is 0 Å². The molecule has 0 atom stereocenters. The topological polar surface area (TPSA) is 21.9 Å². The van der Waals surface area contributed by atoms with Crippen molar-refractivity contribution in [2.24, 2.45) is 0 Å². The van der Waals surface area contributed by atoms with E-state index in [1.165, 1.54) is 32.2 Å². The summed E-state index contributed by atoms with van der Waals surface area (Å²) >= 11 is 0. The quantitative estimate of drug-likeness (QED) is 0.493. The van der Waals surface area contributed by atoms with E-state index >= 15 is 0 Å². The Morgan fingerprint density at radius 1 is 1.11 bits per heavy atom. The molecule has 0 bridgehead atoms. The molecule has 0 aromatic carbocycles. The first-order valence-corrected chi connectivity index (χ1v) is 4.16. The predicted molar refractivity (Wildman–Crippen MR) is 40.5 cm³/mol. The maximum absolute atomic E-state index is 3.41. The molecule has 0 radical (unpaired) electrons. The molecule has 1 saturated carbocycles. The molecule has 0 unspecified atom stereocenters. The van der Waals surface area contributed by atoms with Gasteiger partial charge in [-0.2, -0.15) is 0 Å². The third-order valence-electron chi connectivity index (χ3n) is 2.24. The molecule has 1 heterocycles. The van der Waals surface area contributed by atoms with Crippen LogP contribution in [-0.4, -0.2) is 12.1 Å². The zero-order valence-electron chi connectivity index (χ0n) is 6.54. The van der Waals surface area contributed by atoms with Crippen molar-refractivity contribution in [1.82, 2.24) is 5.32 Å². The number of rotatable bonds is 0. The lowest BCUT2D eigenvalue weighted by Gasteiger charge is -1.96. The van der Waals surface area contributed by atoms with Crippen molar-refractivity contribution in [3.05, 3.63) is 0 Å². The molecular formula is C8H17N. The molecule has 1 heteroatoms. The molecule has 2 aliphatic rings. The summed E-state index contributed by atoms with van der Waals surface area (Å²) in [6.45, 7) is 5.31. The fourth-order valence-corrected chi connectivity index (χ4v) is 1.53. The number of hydrogen-bond acceptors (Lipinski definition) is 1. The van der Waals surface area contributed by atoms with E-state index in [0.717, 1.165) is 0 Å². The van der Waals surface area contributed by atoms with Gasteiger partial charge in [-0.05, 0) is 12.8 Å². The lowest BCUT2D eigenvalue weighted by Crippen LogP contribution is -2.06. The van der Waals surface area contributed by atoms with Crippen LogP contribution in [0, 0.1) is 0 Å². The lowest BCUT2D eigenvalue weighted by molar-refractivity contribution is 0.656. The third kappa shape index (κ3) is 1.45. The van der Waals surface area contributed by atoms with Crippen LogP contribution in [0.5, 0.6) is 0 Å². The highest BCUT2D eigenvalue weighted by Gasteiger charge is 2.43. The van der Waals surface area contributed by atoms with Crippen LogP contribution in [0.4, 0.5) is 0 Å². The predicted octanol–water partition coefficient (Wildman–Crippen LogP) is 1.93. The first kappa shape index (κ1) is 7.07. The summed E-state index contributed by atoms with van der Waals surface area (Å²) in [7, 11) is 0. The average Bonchev–Trinajstić information content (AvgIpc) is 2.46. The second kappa shape index (κ2) is 2.70. The molecule has 1 aliphatic heterocycles. The lowest BCUT2D eigenvalue weighted by atomic mass is 10.1. The summed E-state index contributed by atoms with van der Waals surface area (Å²) in [6.07, 6.45) is 5.83. The second-order valence-electron chi connectivity index (χ2n) is 2.84. The van der Waals surface area contributed by atoms with Gasteiger partial charge in [-0.3, -0.25) is 0 Å². The van der Waals surface area contributed by atoms with E-state index in [0.29, 0.717) is 5.54 Å². The SMILES string of the molecule is C1CCC2(C1)CN2.CC. The number of hydrogen-bond donors (Lipinski definition) is 1. The molecular weight excluding hydrogens is 110 g/mol. The first-order chi connectivity index (χ1) is 4.41. The highest BCUT2D eigenvalue weighted by Crippen LogP contribution is 2.36. The highest BCUT2D eigenvalue weighted by molar-refractivity contribution is 5.06. The van der Waals surface area contributed by atoms with E-state index in [4.69, 9.17) is 0 Å². The molecule has 0 amide bonds. The Kier molecular flexibility index (Phi) is 2.12. The molecule has 1 saturated heterocycles. The largest absolute Gasteiger partial charge is 0.308 e. The zero-order chi connectivity index (χ0) is 6.74. The molecule has 1 aliphatic carbocycles. The van der Waals surface area contributed by atoms with E-state index in [1.807, 2.05) is 13.8 Å².